The lowest BCUT2D eigenvalue weighted by molar-refractivity contribution is 0.282. The molecule has 0 aliphatic rings. The quantitative estimate of drug-likeness (QED) is 0.687. The number of pyridine rings is 1. The normalized spacial score (nSPS) is 10.4. The van der Waals surface area contributed by atoms with Gasteiger partial charge in [-0.2, -0.15) is 0 Å². The van der Waals surface area contributed by atoms with Gasteiger partial charge in [-0.3, -0.25) is 4.98 Å². The highest BCUT2D eigenvalue weighted by Crippen LogP contribution is 2.13. The third-order valence-electron chi connectivity index (χ3n) is 1.89. The van der Waals surface area contributed by atoms with Crippen LogP contribution in [0.1, 0.15) is 5.56 Å². The Kier molecular flexibility index (Phi) is 1.76. The molecule has 0 bridgehead atoms. The van der Waals surface area contributed by atoms with Crippen molar-refractivity contribution in [2.24, 2.45) is 0 Å². The molecule has 0 amide bonds. The Morgan fingerprint density at radius 3 is 2.92 bits per heavy atom. The maximum Gasteiger partial charge on any atom is 0.0682 e. The highest BCUT2D eigenvalue weighted by Gasteiger charge is 1.93. The summed E-state index contributed by atoms with van der Waals surface area (Å²) in [5, 5.41) is 11.1. The number of hydrogen-bond acceptors (Lipinski definition) is 2. The predicted octanol–water partition coefficient (Wildman–Crippen LogP) is 1.73. The Bertz CT molecular complexity index is 398. The SMILES string of the molecule is OCc1ccc2cnccc2c1. The first kappa shape index (κ1) is 7.25. The summed E-state index contributed by atoms with van der Waals surface area (Å²) in [6.07, 6.45) is 3.57. The number of fused-ring (bicyclic) bond motifs is 1. The van der Waals surface area contributed by atoms with Gasteiger partial charge in [-0.1, -0.05) is 12.1 Å². The summed E-state index contributed by atoms with van der Waals surface area (Å²) in [4.78, 5) is 4.01. The molecule has 2 nitrogen and oxygen atoms in total. The van der Waals surface area contributed by atoms with E-state index in [1.54, 1.807) is 6.20 Å². The Hall–Kier alpha value is -1.41. The molecule has 0 aliphatic heterocycles. The van der Waals surface area contributed by atoms with E-state index in [4.69, 9.17) is 5.11 Å². The van der Waals surface area contributed by atoms with Crippen molar-refractivity contribution < 1.29 is 5.11 Å². The Balaban J connectivity index is 2.67. The molecule has 0 spiro atoms. The third kappa shape index (κ3) is 1.17. The average molecular weight is 159 g/mol. The van der Waals surface area contributed by atoms with Crippen molar-refractivity contribution in [2.45, 2.75) is 6.61 Å². The van der Waals surface area contributed by atoms with Gasteiger partial charge in [0.05, 0.1) is 6.61 Å². The Morgan fingerprint density at radius 2 is 2.08 bits per heavy atom. The first-order chi connectivity index (χ1) is 5.90. The van der Waals surface area contributed by atoms with Gasteiger partial charge in [0.25, 0.3) is 0 Å². The third-order valence-corrected chi connectivity index (χ3v) is 1.89. The fourth-order valence-electron chi connectivity index (χ4n) is 1.23. The lowest BCUT2D eigenvalue weighted by Gasteiger charge is -1.98. The van der Waals surface area contributed by atoms with Gasteiger partial charge in [0.1, 0.15) is 0 Å². The molecule has 2 rings (SSSR count). The molecule has 1 heterocycles. The maximum absolute atomic E-state index is 8.88. The van der Waals surface area contributed by atoms with Crippen LogP contribution < -0.4 is 0 Å². The second-order valence-corrected chi connectivity index (χ2v) is 2.72. The Morgan fingerprint density at radius 1 is 1.17 bits per heavy atom. The van der Waals surface area contributed by atoms with E-state index in [-0.39, 0.29) is 6.61 Å². The summed E-state index contributed by atoms with van der Waals surface area (Å²) in [5.41, 5.74) is 0.939. The molecule has 2 heteroatoms. The second-order valence-electron chi connectivity index (χ2n) is 2.72. The largest absolute Gasteiger partial charge is 0.392 e. The van der Waals surface area contributed by atoms with Crippen LogP contribution in [0.25, 0.3) is 10.8 Å². The number of aliphatic hydroxyl groups excluding tert-OH is 1. The van der Waals surface area contributed by atoms with Crippen LogP contribution in [0.15, 0.2) is 36.7 Å². The number of hydrogen-bond donors (Lipinski definition) is 1. The van der Waals surface area contributed by atoms with Crippen molar-refractivity contribution in [3.05, 3.63) is 42.2 Å². The predicted molar refractivity (Wildman–Crippen MR) is 47.7 cm³/mol. The lowest BCUT2D eigenvalue weighted by atomic mass is 10.1. The second kappa shape index (κ2) is 2.91. The van der Waals surface area contributed by atoms with E-state index in [9.17, 15) is 0 Å². The fourth-order valence-corrected chi connectivity index (χ4v) is 1.23. The molecule has 0 saturated carbocycles. The van der Waals surface area contributed by atoms with Crippen LogP contribution in [0.5, 0.6) is 0 Å². The molecule has 0 radical (unpaired) electrons. The van der Waals surface area contributed by atoms with Crippen LogP contribution >= 0.6 is 0 Å². The van der Waals surface area contributed by atoms with Crippen LogP contribution in [0, 0.1) is 0 Å². The molecule has 2 aromatic rings. The summed E-state index contributed by atoms with van der Waals surface area (Å²) in [5.74, 6) is 0. The van der Waals surface area contributed by atoms with Gasteiger partial charge in [0.2, 0.25) is 0 Å². The van der Waals surface area contributed by atoms with Gasteiger partial charge in [-0.05, 0) is 23.1 Å². The molecule has 0 fully saturated rings. The Labute approximate surface area is 70.5 Å². The number of rotatable bonds is 1. The molecule has 0 unspecified atom stereocenters. The molecular weight excluding hydrogens is 150 g/mol. The molecule has 12 heavy (non-hydrogen) atoms. The van der Waals surface area contributed by atoms with Gasteiger partial charge in [-0.25, -0.2) is 0 Å². The van der Waals surface area contributed by atoms with E-state index in [0.717, 1.165) is 16.3 Å². The highest BCUT2D eigenvalue weighted by atomic mass is 16.3. The van der Waals surface area contributed by atoms with Crippen LogP contribution in [0.3, 0.4) is 0 Å². The minimum absolute atomic E-state index is 0.0955. The minimum Gasteiger partial charge on any atom is -0.392 e. The number of aromatic nitrogens is 1. The monoisotopic (exact) mass is 159 g/mol. The minimum atomic E-state index is 0.0955. The topological polar surface area (TPSA) is 33.1 Å². The first-order valence-electron chi connectivity index (χ1n) is 3.83. The van der Waals surface area contributed by atoms with E-state index in [0.29, 0.717) is 0 Å². The van der Waals surface area contributed by atoms with Gasteiger partial charge in [-0.15, -0.1) is 0 Å². The van der Waals surface area contributed by atoms with Crippen molar-refractivity contribution in [2.75, 3.05) is 0 Å². The molecule has 0 saturated heterocycles. The van der Waals surface area contributed by atoms with Crippen LogP contribution in [0.2, 0.25) is 0 Å². The summed E-state index contributed by atoms with van der Waals surface area (Å²) >= 11 is 0. The van der Waals surface area contributed by atoms with Gasteiger partial charge in [0.15, 0.2) is 0 Å². The van der Waals surface area contributed by atoms with Crippen LogP contribution in [-0.2, 0) is 6.61 Å². The van der Waals surface area contributed by atoms with Crippen LogP contribution in [-0.4, -0.2) is 10.1 Å². The summed E-state index contributed by atoms with van der Waals surface area (Å²) in [7, 11) is 0. The number of aliphatic hydroxyl groups is 1. The smallest absolute Gasteiger partial charge is 0.0682 e. The molecule has 1 aromatic heterocycles. The zero-order valence-electron chi connectivity index (χ0n) is 6.57. The zero-order chi connectivity index (χ0) is 8.39. The lowest BCUT2D eigenvalue weighted by Crippen LogP contribution is -1.82. The summed E-state index contributed by atoms with van der Waals surface area (Å²) < 4.78 is 0. The van der Waals surface area contributed by atoms with E-state index < -0.39 is 0 Å². The standard InChI is InChI=1S/C10H9NO/c12-7-8-1-2-10-6-11-4-3-9(10)5-8/h1-6,12H,7H2. The highest BCUT2D eigenvalue weighted by molar-refractivity contribution is 5.81. The fraction of sp³-hybridized carbons (Fsp3) is 0.100. The first-order valence-corrected chi connectivity index (χ1v) is 3.83. The molecule has 60 valence electrons. The van der Waals surface area contributed by atoms with E-state index in [1.165, 1.54) is 0 Å². The molecule has 0 atom stereocenters. The van der Waals surface area contributed by atoms with Crippen LogP contribution in [0.4, 0.5) is 0 Å². The maximum atomic E-state index is 8.88. The zero-order valence-corrected chi connectivity index (χ0v) is 6.57. The van der Waals surface area contributed by atoms with Gasteiger partial charge < -0.3 is 5.11 Å². The van der Waals surface area contributed by atoms with Crippen molar-refractivity contribution in [3.8, 4) is 0 Å². The summed E-state index contributed by atoms with van der Waals surface area (Å²) in [6.45, 7) is 0.0955. The molecule has 0 aliphatic carbocycles. The number of nitrogens with zero attached hydrogens (tertiary/aromatic N) is 1. The van der Waals surface area contributed by atoms with E-state index in [2.05, 4.69) is 4.98 Å². The van der Waals surface area contributed by atoms with Crippen molar-refractivity contribution >= 4 is 10.8 Å². The summed E-state index contributed by atoms with van der Waals surface area (Å²) in [6, 6.07) is 7.78. The number of benzene rings is 1. The van der Waals surface area contributed by atoms with Crippen molar-refractivity contribution in [1.82, 2.24) is 4.98 Å². The van der Waals surface area contributed by atoms with Crippen molar-refractivity contribution in [3.63, 3.8) is 0 Å². The molecule has 1 N–H and O–H groups in total. The van der Waals surface area contributed by atoms with Crippen molar-refractivity contribution in [1.29, 1.82) is 0 Å². The van der Waals surface area contributed by atoms with E-state index in [1.807, 2.05) is 30.5 Å². The van der Waals surface area contributed by atoms with E-state index >= 15 is 0 Å². The van der Waals surface area contributed by atoms with Gasteiger partial charge in [0, 0.05) is 17.8 Å². The molecule has 1 aromatic carbocycles. The molecular formula is C10H9NO. The van der Waals surface area contributed by atoms with Gasteiger partial charge >= 0.3 is 0 Å². The average Bonchev–Trinajstić information content (AvgIpc) is 2.17.